The van der Waals surface area contributed by atoms with Gasteiger partial charge in [0.15, 0.2) is 0 Å². The summed E-state index contributed by atoms with van der Waals surface area (Å²) in [6, 6.07) is 17.1. The summed E-state index contributed by atoms with van der Waals surface area (Å²) in [5.74, 6) is 0.771. The molecule has 0 heterocycles. The van der Waals surface area contributed by atoms with Crippen molar-refractivity contribution in [3.63, 3.8) is 0 Å². The summed E-state index contributed by atoms with van der Waals surface area (Å²) in [7, 11) is 0. The highest BCUT2D eigenvalue weighted by atomic mass is 79.9. The van der Waals surface area contributed by atoms with E-state index in [0.717, 1.165) is 15.9 Å². The predicted molar refractivity (Wildman–Crippen MR) is 79.3 cm³/mol. The van der Waals surface area contributed by atoms with Crippen LogP contribution < -0.4 is 10.1 Å². The summed E-state index contributed by atoms with van der Waals surface area (Å²) in [6.07, 6.45) is 0. The molecular weight excluding hydrogens is 304 g/mol. The maximum absolute atomic E-state index is 8.69. The second-order valence-corrected chi connectivity index (χ2v) is 4.75. The lowest BCUT2D eigenvalue weighted by Gasteiger charge is -2.09. The van der Waals surface area contributed by atoms with Crippen molar-refractivity contribution in [1.29, 1.82) is 5.26 Å². The fraction of sp³-hybridized carbons (Fsp3) is 0.133. The molecule has 2 rings (SSSR count). The standard InChI is InChI=1S/C15H13BrN2O/c16-14-3-1-2-4-15(14)18-9-10-19-13-7-5-12(11-17)6-8-13/h1-8,18H,9-10H2. The highest BCUT2D eigenvalue weighted by Gasteiger charge is 1.98. The monoisotopic (exact) mass is 316 g/mol. The van der Waals surface area contributed by atoms with E-state index in [1.165, 1.54) is 0 Å². The average molecular weight is 317 g/mol. The molecule has 0 radical (unpaired) electrons. The number of nitrogens with zero attached hydrogens (tertiary/aromatic N) is 1. The van der Waals surface area contributed by atoms with Crippen LogP contribution in [-0.2, 0) is 0 Å². The fourth-order valence-corrected chi connectivity index (χ4v) is 2.01. The predicted octanol–water partition coefficient (Wildman–Crippen LogP) is 3.81. The number of para-hydroxylation sites is 1. The summed E-state index contributed by atoms with van der Waals surface area (Å²) in [5.41, 5.74) is 1.68. The van der Waals surface area contributed by atoms with Gasteiger partial charge < -0.3 is 10.1 Å². The molecule has 0 aliphatic carbocycles. The third-order valence-corrected chi connectivity index (χ3v) is 3.24. The molecule has 0 spiro atoms. The van der Waals surface area contributed by atoms with E-state index in [2.05, 4.69) is 27.3 Å². The van der Waals surface area contributed by atoms with Crippen molar-refractivity contribution in [3.05, 3.63) is 58.6 Å². The maximum atomic E-state index is 8.69. The van der Waals surface area contributed by atoms with Crippen LogP contribution in [0.5, 0.6) is 5.75 Å². The quantitative estimate of drug-likeness (QED) is 0.853. The summed E-state index contributed by atoms with van der Waals surface area (Å²) in [6.45, 7) is 1.27. The first-order valence-electron chi connectivity index (χ1n) is 5.91. The molecule has 0 aliphatic rings. The van der Waals surface area contributed by atoms with Gasteiger partial charge in [-0.2, -0.15) is 5.26 Å². The molecule has 0 unspecified atom stereocenters. The molecule has 0 saturated carbocycles. The number of ether oxygens (including phenoxy) is 1. The van der Waals surface area contributed by atoms with Crippen molar-refractivity contribution < 1.29 is 4.74 Å². The average Bonchev–Trinajstić information content (AvgIpc) is 2.46. The highest BCUT2D eigenvalue weighted by Crippen LogP contribution is 2.20. The molecule has 0 aliphatic heterocycles. The Morgan fingerprint density at radius 3 is 2.53 bits per heavy atom. The number of nitriles is 1. The smallest absolute Gasteiger partial charge is 0.119 e. The number of halogens is 1. The van der Waals surface area contributed by atoms with E-state index in [1.807, 2.05) is 24.3 Å². The van der Waals surface area contributed by atoms with Gasteiger partial charge in [0.2, 0.25) is 0 Å². The van der Waals surface area contributed by atoms with Crippen LogP contribution in [0.1, 0.15) is 5.56 Å². The molecule has 1 N–H and O–H groups in total. The molecule has 4 heteroatoms. The Balaban J connectivity index is 1.78. The topological polar surface area (TPSA) is 45.0 Å². The van der Waals surface area contributed by atoms with Crippen LogP contribution in [0.4, 0.5) is 5.69 Å². The lowest BCUT2D eigenvalue weighted by atomic mass is 10.2. The lowest BCUT2D eigenvalue weighted by molar-refractivity contribution is 0.333. The molecule has 19 heavy (non-hydrogen) atoms. The molecule has 2 aromatic rings. The lowest BCUT2D eigenvalue weighted by Crippen LogP contribution is -2.11. The Labute approximate surface area is 121 Å². The zero-order chi connectivity index (χ0) is 13.5. The van der Waals surface area contributed by atoms with E-state index < -0.39 is 0 Å². The third kappa shape index (κ3) is 4.01. The number of anilines is 1. The molecule has 0 fully saturated rings. The molecule has 0 bridgehead atoms. The Bertz CT molecular complexity index is 575. The summed E-state index contributed by atoms with van der Waals surface area (Å²) >= 11 is 3.48. The SMILES string of the molecule is N#Cc1ccc(OCCNc2ccccc2Br)cc1. The van der Waals surface area contributed by atoms with E-state index in [9.17, 15) is 0 Å². The molecule has 0 atom stereocenters. The minimum absolute atomic E-state index is 0.563. The molecular formula is C15H13BrN2O. The van der Waals surface area contributed by atoms with Gasteiger partial charge in [-0.15, -0.1) is 0 Å². The van der Waals surface area contributed by atoms with Gasteiger partial charge in [-0.3, -0.25) is 0 Å². The van der Waals surface area contributed by atoms with E-state index in [0.29, 0.717) is 18.7 Å². The van der Waals surface area contributed by atoms with Gasteiger partial charge in [-0.25, -0.2) is 0 Å². The fourth-order valence-electron chi connectivity index (χ4n) is 1.58. The van der Waals surface area contributed by atoms with Crippen LogP contribution in [0.25, 0.3) is 0 Å². The Morgan fingerprint density at radius 1 is 1.11 bits per heavy atom. The molecule has 0 aromatic heterocycles. The second-order valence-electron chi connectivity index (χ2n) is 3.89. The third-order valence-electron chi connectivity index (χ3n) is 2.54. The van der Waals surface area contributed by atoms with Crippen molar-refractivity contribution in [3.8, 4) is 11.8 Å². The van der Waals surface area contributed by atoms with E-state index in [-0.39, 0.29) is 0 Å². The maximum Gasteiger partial charge on any atom is 0.119 e. The summed E-state index contributed by atoms with van der Waals surface area (Å²) in [4.78, 5) is 0. The number of hydrogen-bond acceptors (Lipinski definition) is 3. The zero-order valence-electron chi connectivity index (χ0n) is 10.3. The molecule has 96 valence electrons. The van der Waals surface area contributed by atoms with Crippen LogP contribution in [0.15, 0.2) is 53.0 Å². The summed E-state index contributed by atoms with van der Waals surface area (Å²) in [5, 5.41) is 12.0. The van der Waals surface area contributed by atoms with Gasteiger partial charge in [-0.05, 0) is 52.3 Å². The minimum atomic E-state index is 0.563. The van der Waals surface area contributed by atoms with Gasteiger partial charge in [-0.1, -0.05) is 12.1 Å². The van der Waals surface area contributed by atoms with Gasteiger partial charge in [0.05, 0.1) is 11.6 Å². The number of benzene rings is 2. The van der Waals surface area contributed by atoms with E-state index >= 15 is 0 Å². The van der Waals surface area contributed by atoms with E-state index in [1.54, 1.807) is 24.3 Å². The van der Waals surface area contributed by atoms with Crippen LogP contribution >= 0.6 is 15.9 Å². The zero-order valence-corrected chi connectivity index (χ0v) is 11.9. The molecule has 0 saturated heterocycles. The largest absolute Gasteiger partial charge is 0.492 e. The van der Waals surface area contributed by atoms with Crippen molar-refractivity contribution in [2.24, 2.45) is 0 Å². The van der Waals surface area contributed by atoms with Crippen LogP contribution in [0.3, 0.4) is 0 Å². The highest BCUT2D eigenvalue weighted by molar-refractivity contribution is 9.10. The Morgan fingerprint density at radius 2 is 1.84 bits per heavy atom. The van der Waals surface area contributed by atoms with Crippen LogP contribution in [0.2, 0.25) is 0 Å². The summed E-state index contributed by atoms with van der Waals surface area (Å²) < 4.78 is 6.62. The van der Waals surface area contributed by atoms with Gasteiger partial charge in [0.25, 0.3) is 0 Å². The van der Waals surface area contributed by atoms with Crippen molar-refractivity contribution >= 4 is 21.6 Å². The van der Waals surface area contributed by atoms with Crippen molar-refractivity contribution in [2.75, 3.05) is 18.5 Å². The minimum Gasteiger partial charge on any atom is -0.492 e. The number of rotatable bonds is 5. The first kappa shape index (κ1) is 13.4. The Hall–Kier alpha value is -1.99. The van der Waals surface area contributed by atoms with Crippen molar-refractivity contribution in [1.82, 2.24) is 0 Å². The first-order valence-corrected chi connectivity index (χ1v) is 6.70. The number of hydrogen-bond donors (Lipinski definition) is 1. The number of nitrogens with one attached hydrogen (secondary N) is 1. The van der Waals surface area contributed by atoms with Gasteiger partial charge >= 0.3 is 0 Å². The van der Waals surface area contributed by atoms with Gasteiger partial charge in [0, 0.05) is 16.7 Å². The molecule has 3 nitrogen and oxygen atoms in total. The van der Waals surface area contributed by atoms with Gasteiger partial charge in [0.1, 0.15) is 12.4 Å². The molecule has 0 amide bonds. The second kappa shape index (κ2) is 6.81. The van der Waals surface area contributed by atoms with E-state index in [4.69, 9.17) is 10.00 Å². The van der Waals surface area contributed by atoms with Crippen LogP contribution in [0, 0.1) is 11.3 Å². The normalized spacial score (nSPS) is 9.68. The van der Waals surface area contributed by atoms with Crippen LogP contribution in [-0.4, -0.2) is 13.2 Å². The first-order chi connectivity index (χ1) is 9.29. The van der Waals surface area contributed by atoms with Crippen molar-refractivity contribution in [2.45, 2.75) is 0 Å². The molecule has 2 aromatic carbocycles. The Kier molecular flexibility index (Phi) is 4.82.